The SMILES string of the molecule is O=C(O)c1ccc(NC2CCCC2)c(S(=O)(=O)NC2CCCCC2)c1. The van der Waals surface area contributed by atoms with Gasteiger partial charge in [-0.25, -0.2) is 17.9 Å². The molecule has 0 unspecified atom stereocenters. The molecule has 25 heavy (non-hydrogen) atoms. The van der Waals surface area contributed by atoms with Crippen LogP contribution in [0.25, 0.3) is 0 Å². The molecule has 3 N–H and O–H groups in total. The minimum Gasteiger partial charge on any atom is -0.478 e. The van der Waals surface area contributed by atoms with Crippen LogP contribution in [0.4, 0.5) is 5.69 Å². The molecular weight excluding hydrogens is 340 g/mol. The van der Waals surface area contributed by atoms with Gasteiger partial charge in [-0.15, -0.1) is 0 Å². The Bertz CT molecular complexity index is 721. The van der Waals surface area contributed by atoms with Gasteiger partial charge in [-0.2, -0.15) is 0 Å². The molecule has 0 radical (unpaired) electrons. The van der Waals surface area contributed by atoms with E-state index in [1.54, 1.807) is 6.07 Å². The minimum absolute atomic E-state index is 0.0130. The second kappa shape index (κ2) is 7.74. The van der Waals surface area contributed by atoms with Crippen LogP contribution in [-0.4, -0.2) is 31.6 Å². The Hall–Kier alpha value is -1.60. The summed E-state index contributed by atoms with van der Waals surface area (Å²) in [5.74, 6) is -1.12. The van der Waals surface area contributed by atoms with Gasteiger partial charge in [-0.05, 0) is 43.9 Å². The highest BCUT2D eigenvalue weighted by Crippen LogP contribution is 2.29. The first-order valence-corrected chi connectivity index (χ1v) is 10.6. The number of anilines is 1. The Morgan fingerprint density at radius 3 is 2.20 bits per heavy atom. The molecule has 2 aliphatic rings. The first-order chi connectivity index (χ1) is 12.0. The third kappa shape index (κ3) is 4.52. The number of hydrogen-bond donors (Lipinski definition) is 3. The molecule has 0 bridgehead atoms. The molecule has 2 aliphatic carbocycles. The van der Waals surface area contributed by atoms with Gasteiger partial charge >= 0.3 is 5.97 Å². The molecular formula is C18H26N2O4S. The maximum absolute atomic E-state index is 12.9. The van der Waals surface area contributed by atoms with E-state index in [0.717, 1.165) is 57.8 Å². The van der Waals surface area contributed by atoms with Crippen molar-refractivity contribution in [1.82, 2.24) is 4.72 Å². The lowest BCUT2D eigenvalue weighted by Crippen LogP contribution is -2.36. The lowest BCUT2D eigenvalue weighted by Gasteiger charge is -2.24. The molecule has 0 heterocycles. The molecule has 7 heteroatoms. The van der Waals surface area contributed by atoms with Crippen LogP contribution in [0.15, 0.2) is 23.1 Å². The summed E-state index contributed by atoms with van der Waals surface area (Å²) >= 11 is 0. The van der Waals surface area contributed by atoms with E-state index in [4.69, 9.17) is 0 Å². The van der Waals surface area contributed by atoms with Crippen molar-refractivity contribution in [3.05, 3.63) is 23.8 Å². The highest BCUT2D eigenvalue weighted by molar-refractivity contribution is 7.89. The van der Waals surface area contributed by atoms with Crippen LogP contribution in [-0.2, 0) is 10.0 Å². The Labute approximate surface area is 149 Å². The van der Waals surface area contributed by atoms with E-state index < -0.39 is 16.0 Å². The number of hydrogen-bond acceptors (Lipinski definition) is 4. The van der Waals surface area contributed by atoms with Gasteiger partial charge in [0.2, 0.25) is 10.0 Å². The van der Waals surface area contributed by atoms with Crippen LogP contribution < -0.4 is 10.0 Å². The normalized spacial score (nSPS) is 19.8. The van der Waals surface area contributed by atoms with Gasteiger partial charge in [0, 0.05) is 12.1 Å². The van der Waals surface area contributed by atoms with Gasteiger partial charge < -0.3 is 10.4 Å². The van der Waals surface area contributed by atoms with Crippen molar-refractivity contribution in [2.75, 3.05) is 5.32 Å². The fraction of sp³-hybridized carbons (Fsp3) is 0.611. The van der Waals surface area contributed by atoms with Crippen LogP contribution in [0, 0.1) is 0 Å². The van der Waals surface area contributed by atoms with Crippen LogP contribution in [0.5, 0.6) is 0 Å². The lowest BCUT2D eigenvalue weighted by molar-refractivity contribution is 0.0696. The summed E-state index contributed by atoms with van der Waals surface area (Å²) in [6, 6.07) is 4.49. The number of sulfonamides is 1. The van der Waals surface area contributed by atoms with E-state index >= 15 is 0 Å². The third-order valence-electron chi connectivity index (χ3n) is 5.16. The molecule has 2 saturated carbocycles. The minimum atomic E-state index is -3.76. The lowest BCUT2D eigenvalue weighted by atomic mass is 9.96. The molecule has 0 aliphatic heterocycles. The highest BCUT2D eigenvalue weighted by Gasteiger charge is 2.26. The van der Waals surface area contributed by atoms with Crippen LogP contribution in [0.1, 0.15) is 68.1 Å². The summed E-state index contributed by atoms with van der Waals surface area (Å²) in [5.41, 5.74) is 0.487. The summed E-state index contributed by atoms with van der Waals surface area (Å²) in [4.78, 5) is 11.3. The predicted octanol–water partition coefficient (Wildman–Crippen LogP) is 3.35. The van der Waals surface area contributed by atoms with Crippen molar-refractivity contribution in [2.45, 2.75) is 74.8 Å². The molecule has 3 rings (SSSR count). The van der Waals surface area contributed by atoms with Crippen LogP contribution in [0.3, 0.4) is 0 Å². The van der Waals surface area contributed by atoms with Gasteiger partial charge in [0.05, 0.1) is 11.3 Å². The van der Waals surface area contributed by atoms with E-state index in [1.807, 2.05) is 0 Å². The second-order valence-electron chi connectivity index (χ2n) is 7.10. The average molecular weight is 366 g/mol. The Kier molecular flexibility index (Phi) is 5.64. The number of benzene rings is 1. The third-order valence-corrected chi connectivity index (χ3v) is 6.72. The van der Waals surface area contributed by atoms with Crippen molar-refractivity contribution >= 4 is 21.7 Å². The first kappa shape index (κ1) is 18.2. The van der Waals surface area contributed by atoms with Gasteiger partial charge in [-0.1, -0.05) is 32.1 Å². The van der Waals surface area contributed by atoms with E-state index in [2.05, 4.69) is 10.0 Å². The number of carbonyl (C=O) groups is 1. The molecule has 0 spiro atoms. The first-order valence-electron chi connectivity index (χ1n) is 9.12. The van der Waals surface area contributed by atoms with Crippen molar-refractivity contribution in [1.29, 1.82) is 0 Å². The van der Waals surface area contributed by atoms with Gasteiger partial charge in [0.1, 0.15) is 4.90 Å². The molecule has 0 atom stereocenters. The van der Waals surface area contributed by atoms with Crippen molar-refractivity contribution < 1.29 is 18.3 Å². The summed E-state index contributed by atoms with van der Waals surface area (Å²) in [6.07, 6.45) is 9.14. The molecule has 1 aromatic rings. The van der Waals surface area contributed by atoms with Crippen LogP contribution >= 0.6 is 0 Å². The number of rotatable bonds is 6. The highest BCUT2D eigenvalue weighted by atomic mass is 32.2. The molecule has 0 amide bonds. The summed E-state index contributed by atoms with van der Waals surface area (Å²) in [7, 11) is -3.76. The number of nitrogens with one attached hydrogen (secondary N) is 2. The van der Waals surface area contributed by atoms with Gasteiger partial charge in [0.15, 0.2) is 0 Å². The fourth-order valence-electron chi connectivity index (χ4n) is 3.79. The number of carboxylic acid groups (broad SMARTS) is 1. The maximum Gasteiger partial charge on any atom is 0.335 e. The average Bonchev–Trinajstić information content (AvgIpc) is 3.08. The smallest absolute Gasteiger partial charge is 0.335 e. The van der Waals surface area contributed by atoms with Crippen molar-refractivity contribution in [3.63, 3.8) is 0 Å². The Morgan fingerprint density at radius 1 is 0.960 bits per heavy atom. The van der Waals surface area contributed by atoms with E-state index in [0.29, 0.717) is 5.69 Å². The zero-order valence-corrected chi connectivity index (χ0v) is 15.1. The van der Waals surface area contributed by atoms with Crippen molar-refractivity contribution in [2.24, 2.45) is 0 Å². The molecule has 6 nitrogen and oxygen atoms in total. The molecule has 0 aromatic heterocycles. The quantitative estimate of drug-likeness (QED) is 0.717. The van der Waals surface area contributed by atoms with E-state index in [-0.39, 0.29) is 22.5 Å². The van der Waals surface area contributed by atoms with E-state index in [1.165, 1.54) is 12.1 Å². The topological polar surface area (TPSA) is 95.5 Å². The molecule has 2 fully saturated rings. The van der Waals surface area contributed by atoms with Crippen molar-refractivity contribution in [3.8, 4) is 0 Å². The standard InChI is InChI=1S/C18H26N2O4S/c21-18(22)13-10-11-16(19-14-6-4-5-7-14)17(12-13)25(23,24)20-15-8-2-1-3-9-15/h10-12,14-15,19-20H,1-9H2,(H,21,22). The molecule has 1 aromatic carbocycles. The second-order valence-corrected chi connectivity index (χ2v) is 8.78. The summed E-state index contributed by atoms with van der Waals surface area (Å²) in [6.45, 7) is 0. The summed E-state index contributed by atoms with van der Waals surface area (Å²) in [5, 5.41) is 12.5. The summed E-state index contributed by atoms with van der Waals surface area (Å²) < 4.78 is 28.6. The number of aromatic carboxylic acids is 1. The zero-order chi connectivity index (χ0) is 17.9. The molecule has 0 saturated heterocycles. The Morgan fingerprint density at radius 2 is 1.56 bits per heavy atom. The monoisotopic (exact) mass is 366 g/mol. The predicted molar refractivity (Wildman–Crippen MR) is 96.5 cm³/mol. The maximum atomic E-state index is 12.9. The van der Waals surface area contributed by atoms with E-state index in [9.17, 15) is 18.3 Å². The Balaban J connectivity index is 1.89. The van der Waals surface area contributed by atoms with Gasteiger partial charge in [0.25, 0.3) is 0 Å². The van der Waals surface area contributed by atoms with Gasteiger partial charge in [-0.3, -0.25) is 0 Å². The number of carboxylic acids is 1. The van der Waals surface area contributed by atoms with Crippen LogP contribution in [0.2, 0.25) is 0 Å². The largest absolute Gasteiger partial charge is 0.478 e. The zero-order valence-electron chi connectivity index (χ0n) is 14.3. The fourth-order valence-corrected chi connectivity index (χ4v) is 5.29. The molecule has 138 valence electrons.